The second kappa shape index (κ2) is 5.93. The summed E-state index contributed by atoms with van der Waals surface area (Å²) in [6.45, 7) is 7.93. The molecule has 6 nitrogen and oxygen atoms in total. The van der Waals surface area contributed by atoms with E-state index in [2.05, 4.69) is 10.5 Å². The number of nitrogens with zero attached hydrogens (tertiary/aromatic N) is 2. The predicted molar refractivity (Wildman–Crippen MR) is 75.5 cm³/mol. The molecule has 2 N–H and O–H groups in total. The minimum absolute atomic E-state index is 0.102. The Morgan fingerprint density at radius 1 is 1.50 bits per heavy atom. The number of hydrogen-bond acceptors (Lipinski definition) is 5. The van der Waals surface area contributed by atoms with Crippen molar-refractivity contribution in [3.8, 4) is 0 Å². The third-order valence-corrected chi connectivity index (χ3v) is 3.47. The number of anilines is 1. The SMILES string of the molecule is CC(C)(C)c1cc(NC(=O)CN2CCC(O)CC2)on1. The lowest BCUT2D eigenvalue weighted by molar-refractivity contribution is -0.118. The molecule has 6 heteroatoms. The number of amides is 1. The summed E-state index contributed by atoms with van der Waals surface area (Å²) in [4.78, 5) is 13.9. The monoisotopic (exact) mass is 281 g/mol. The van der Waals surface area contributed by atoms with Gasteiger partial charge in [-0.05, 0) is 12.8 Å². The van der Waals surface area contributed by atoms with Crippen molar-refractivity contribution >= 4 is 11.8 Å². The molecule has 1 aliphatic heterocycles. The van der Waals surface area contributed by atoms with Crippen molar-refractivity contribution in [3.63, 3.8) is 0 Å². The van der Waals surface area contributed by atoms with Gasteiger partial charge in [0.15, 0.2) is 0 Å². The van der Waals surface area contributed by atoms with Gasteiger partial charge in [0.1, 0.15) is 0 Å². The molecule has 0 aliphatic carbocycles. The van der Waals surface area contributed by atoms with E-state index in [-0.39, 0.29) is 17.4 Å². The summed E-state index contributed by atoms with van der Waals surface area (Å²) in [5.41, 5.74) is 0.712. The molecule has 1 aromatic rings. The average Bonchev–Trinajstić information content (AvgIpc) is 2.80. The highest BCUT2D eigenvalue weighted by molar-refractivity contribution is 5.91. The van der Waals surface area contributed by atoms with Gasteiger partial charge in [0.25, 0.3) is 0 Å². The summed E-state index contributed by atoms with van der Waals surface area (Å²) in [6, 6.07) is 1.76. The van der Waals surface area contributed by atoms with Crippen LogP contribution < -0.4 is 5.32 Å². The molecule has 0 radical (unpaired) electrons. The first-order valence-corrected chi connectivity index (χ1v) is 7.02. The van der Waals surface area contributed by atoms with Crippen LogP contribution in [0.1, 0.15) is 39.3 Å². The Balaban J connectivity index is 1.84. The summed E-state index contributed by atoms with van der Waals surface area (Å²) >= 11 is 0. The summed E-state index contributed by atoms with van der Waals surface area (Å²) < 4.78 is 5.13. The van der Waals surface area contributed by atoms with Gasteiger partial charge < -0.3 is 9.63 Å². The molecule has 1 amide bonds. The summed E-state index contributed by atoms with van der Waals surface area (Å²) in [5.74, 6) is 0.273. The van der Waals surface area contributed by atoms with Gasteiger partial charge in [0.05, 0.1) is 18.3 Å². The van der Waals surface area contributed by atoms with Crippen LogP contribution in [0.2, 0.25) is 0 Å². The molecule has 112 valence electrons. The smallest absolute Gasteiger partial charge is 0.240 e. The molecule has 0 atom stereocenters. The summed E-state index contributed by atoms with van der Waals surface area (Å²) in [5, 5.41) is 16.1. The van der Waals surface area contributed by atoms with Crippen LogP contribution in [0.5, 0.6) is 0 Å². The number of likely N-dealkylation sites (tertiary alicyclic amines) is 1. The van der Waals surface area contributed by atoms with E-state index in [1.165, 1.54) is 0 Å². The highest BCUT2D eigenvalue weighted by Crippen LogP contribution is 2.23. The standard InChI is InChI=1S/C14H23N3O3/c1-14(2,3)11-8-13(20-16-11)15-12(19)9-17-6-4-10(18)5-7-17/h8,10,18H,4-7,9H2,1-3H3,(H,15,19). The number of hydrogen-bond donors (Lipinski definition) is 2. The number of aromatic nitrogens is 1. The molecule has 2 rings (SSSR count). The zero-order chi connectivity index (χ0) is 14.8. The Labute approximate surface area is 119 Å². The van der Waals surface area contributed by atoms with E-state index in [1.54, 1.807) is 6.07 Å². The van der Waals surface area contributed by atoms with E-state index < -0.39 is 0 Å². The average molecular weight is 281 g/mol. The van der Waals surface area contributed by atoms with E-state index in [0.717, 1.165) is 31.6 Å². The van der Waals surface area contributed by atoms with E-state index in [0.29, 0.717) is 12.4 Å². The number of carbonyl (C=O) groups is 1. The van der Waals surface area contributed by atoms with Crippen molar-refractivity contribution < 1.29 is 14.4 Å². The predicted octanol–water partition coefficient (Wildman–Crippen LogP) is 1.37. The number of nitrogens with one attached hydrogen (secondary N) is 1. The Bertz CT molecular complexity index is 456. The van der Waals surface area contributed by atoms with E-state index in [4.69, 9.17) is 4.52 Å². The molecular weight excluding hydrogens is 258 g/mol. The maximum atomic E-state index is 11.9. The van der Waals surface area contributed by atoms with Gasteiger partial charge in [-0.1, -0.05) is 25.9 Å². The second-order valence-electron chi connectivity index (χ2n) is 6.38. The first-order chi connectivity index (χ1) is 9.34. The van der Waals surface area contributed by atoms with Gasteiger partial charge in [-0.2, -0.15) is 0 Å². The number of piperidine rings is 1. The quantitative estimate of drug-likeness (QED) is 0.875. The molecule has 1 aromatic heterocycles. The highest BCUT2D eigenvalue weighted by atomic mass is 16.5. The van der Waals surface area contributed by atoms with Crippen LogP contribution in [-0.4, -0.2) is 46.8 Å². The fraction of sp³-hybridized carbons (Fsp3) is 0.714. The van der Waals surface area contributed by atoms with E-state index in [1.807, 2.05) is 25.7 Å². The Morgan fingerprint density at radius 2 is 2.15 bits per heavy atom. The molecule has 0 spiro atoms. The summed E-state index contributed by atoms with van der Waals surface area (Å²) in [7, 11) is 0. The molecule has 2 heterocycles. The normalized spacial score (nSPS) is 18.2. The van der Waals surface area contributed by atoms with Crippen LogP contribution in [0.25, 0.3) is 0 Å². The molecule has 1 aliphatic rings. The number of aliphatic hydroxyl groups is 1. The third kappa shape index (κ3) is 4.05. The fourth-order valence-electron chi connectivity index (χ4n) is 2.15. The molecular formula is C14H23N3O3. The summed E-state index contributed by atoms with van der Waals surface area (Å²) in [6.07, 6.45) is 1.23. The maximum Gasteiger partial charge on any atom is 0.240 e. The molecule has 1 saturated heterocycles. The van der Waals surface area contributed by atoms with Crippen LogP contribution >= 0.6 is 0 Å². The van der Waals surface area contributed by atoms with Crippen LogP contribution in [0, 0.1) is 0 Å². The van der Waals surface area contributed by atoms with E-state index >= 15 is 0 Å². The van der Waals surface area contributed by atoms with Crippen LogP contribution in [0.15, 0.2) is 10.6 Å². The molecule has 0 unspecified atom stereocenters. The van der Waals surface area contributed by atoms with Crippen LogP contribution in [-0.2, 0) is 10.2 Å². The first-order valence-electron chi connectivity index (χ1n) is 7.02. The van der Waals surface area contributed by atoms with Crippen molar-refractivity contribution in [1.82, 2.24) is 10.1 Å². The highest BCUT2D eigenvalue weighted by Gasteiger charge is 2.21. The second-order valence-corrected chi connectivity index (χ2v) is 6.38. The van der Waals surface area contributed by atoms with Crippen molar-refractivity contribution in [2.75, 3.05) is 25.0 Å². The fourth-order valence-corrected chi connectivity index (χ4v) is 2.15. The van der Waals surface area contributed by atoms with Gasteiger partial charge in [0.2, 0.25) is 11.8 Å². The van der Waals surface area contributed by atoms with Crippen molar-refractivity contribution in [2.24, 2.45) is 0 Å². The topological polar surface area (TPSA) is 78.6 Å². The molecule has 0 bridgehead atoms. The molecule has 0 aromatic carbocycles. The first kappa shape index (κ1) is 15.0. The Morgan fingerprint density at radius 3 is 2.70 bits per heavy atom. The molecule has 20 heavy (non-hydrogen) atoms. The number of rotatable bonds is 3. The van der Waals surface area contributed by atoms with Crippen molar-refractivity contribution in [1.29, 1.82) is 0 Å². The zero-order valence-corrected chi connectivity index (χ0v) is 12.3. The van der Waals surface area contributed by atoms with Gasteiger partial charge in [-0.15, -0.1) is 0 Å². The lowest BCUT2D eigenvalue weighted by Crippen LogP contribution is -2.40. The van der Waals surface area contributed by atoms with Gasteiger partial charge in [-0.3, -0.25) is 15.0 Å². The van der Waals surface area contributed by atoms with Gasteiger partial charge >= 0.3 is 0 Å². The lowest BCUT2D eigenvalue weighted by Gasteiger charge is -2.28. The van der Waals surface area contributed by atoms with Crippen LogP contribution in [0.4, 0.5) is 5.88 Å². The largest absolute Gasteiger partial charge is 0.393 e. The Kier molecular flexibility index (Phi) is 4.45. The maximum absolute atomic E-state index is 11.9. The van der Waals surface area contributed by atoms with Gasteiger partial charge in [0, 0.05) is 24.6 Å². The van der Waals surface area contributed by atoms with Crippen molar-refractivity contribution in [2.45, 2.75) is 45.1 Å². The minimum Gasteiger partial charge on any atom is -0.393 e. The molecule has 1 fully saturated rings. The minimum atomic E-state index is -0.224. The van der Waals surface area contributed by atoms with Gasteiger partial charge in [-0.25, -0.2) is 0 Å². The zero-order valence-electron chi connectivity index (χ0n) is 12.3. The van der Waals surface area contributed by atoms with E-state index in [9.17, 15) is 9.90 Å². The lowest BCUT2D eigenvalue weighted by atomic mass is 9.92. The number of carbonyl (C=O) groups excluding carboxylic acids is 1. The van der Waals surface area contributed by atoms with Crippen LogP contribution in [0.3, 0.4) is 0 Å². The Hall–Kier alpha value is -1.40. The van der Waals surface area contributed by atoms with Crippen molar-refractivity contribution in [3.05, 3.63) is 11.8 Å². The number of aliphatic hydroxyl groups excluding tert-OH is 1. The third-order valence-electron chi connectivity index (χ3n) is 3.47. The molecule has 0 saturated carbocycles.